The van der Waals surface area contributed by atoms with Crippen LogP contribution >= 0.6 is 0 Å². The number of hydrogen-bond acceptors (Lipinski definition) is 1. The van der Waals surface area contributed by atoms with Gasteiger partial charge in [0.1, 0.15) is 0 Å². The Morgan fingerprint density at radius 1 is 0.595 bits per heavy atom. The second-order valence-corrected chi connectivity index (χ2v) is 10.4. The number of benzene rings is 4. The number of nitrogens with zero attached hydrogens (tertiary/aromatic N) is 2. The molecule has 2 heterocycles. The van der Waals surface area contributed by atoms with E-state index in [9.17, 15) is 5.11 Å². The number of aromatic nitrogens is 2. The van der Waals surface area contributed by atoms with Crippen LogP contribution in [-0.4, -0.2) is 20.3 Å². The first-order chi connectivity index (χ1) is 18.1. The van der Waals surface area contributed by atoms with E-state index in [1.165, 1.54) is 43.6 Å². The third-order valence-electron chi connectivity index (χ3n) is 8.21. The minimum atomic E-state index is -0.542. The summed E-state index contributed by atoms with van der Waals surface area (Å²) in [6.45, 7) is 0. The van der Waals surface area contributed by atoms with Gasteiger partial charge in [-0.1, -0.05) is 60.7 Å². The lowest BCUT2D eigenvalue weighted by Gasteiger charge is -2.24. The molecule has 0 saturated heterocycles. The molecule has 6 aromatic rings. The normalized spacial score (nSPS) is 17.3. The van der Waals surface area contributed by atoms with Crippen LogP contribution in [0.5, 0.6) is 0 Å². The van der Waals surface area contributed by atoms with Crippen molar-refractivity contribution in [1.29, 1.82) is 0 Å². The van der Waals surface area contributed by atoms with E-state index in [0.29, 0.717) is 0 Å². The highest BCUT2D eigenvalue weighted by molar-refractivity contribution is 6.09. The molecule has 1 aliphatic carbocycles. The number of aliphatic hydroxyl groups is 1. The maximum Gasteiger partial charge on any atom is 0.0967 e. The summed E-state index contributed by atoms with van der Waals surface area (Å²) < 4.78 is 4.51. The van der Waals surface area contributed by atoms with Gasteiger partial charge in [0.2, 0.25) is 0 Å². The van der Waals surface area contributed by atoms with Gasteiger partial charge >= 0.3 is 0 Å². The van der Waals surface area contributed by atoms with E-state index in [4.69, 9.17) is 0 Å². The Labute approximate surface area is 216 Å². The Morgan fingerprint density at radius 3 is 1.51 bits per heavy atom. The van der Waals surface area contributed by atoms with Crippen molar-refractivity contribution in [2.75, 3.05) is 0 Å². The molecule has 1 aliphatic rings. The predicted molar refractivity (Wildman–Crippen MR) is 157 cm³/mol. The molecule has 1 fully saturated rings. The molecule has 0 amide bonds. The summed E-state index contributed by atoms with van der Waals surface area (Å²) in [6.07, 6.45) is 6.77. The minimum Gasteiger partial charge on any atom is -0.384 e. The van der Waals surface area contributed by atoms with Gasteiger partial charge in [0.25, 0.3) is 0 Å². The smallest absolute Gasteiger partial charge is 0.0967 e. The second-order valence-electron chi connectivity index (χ2n) is 10.4. The van der Waals surface area contributed by atoms with Crippen LogP contribution in [-0.2, 0) is 14.1 Å². The van der Waals surface area contributed by atoms with Crippen LogP contribution in [0.4, 0.5) is 0 Å². The summed E-state index contributed by atoms with van der Waals surface area (Å²) in [5.41, 5.74) is 9.45. The van der Waals surface area contributed by atoms with E-state index in [2.05, 4.69) is 120 Å². The van der Waals surface area contributed by atoms with E-state index in [1.807, 2.05) is 0 Å². The minimum absolute atomic E-state index is 0.542. The van der Waals surface area contributed by atoms with Crippen molar-refractivity contribution >= 4 is 55.8 Å². The van der Waals surface area contributed by atoms with Crippen molar-refractivity contribution in [2.24, 2.45) is 14.1 Å². The largest absolute Gasteiger partial charge is 0.384 e. The Balaban J connectivity index is 1.25. The number of aliphatic hydroxyl groups excluding tert-OH is 1. The van der Waals surface area contributed by atoms with Crippen LogP contribution in [0.1, 0.15) is 30.4 Å². The van der Waals surface area contributed by atoms with E-state index < -0.39 is 6.10 Å². The molecule has 2 aromatic heterocycles. The summed E-state index contributed by atoms with van der Waals surface area (Å²) in [4.78, 5) is 0. The molecule has 1 saturated carbocycles. The van der Waals surface area contributed by atoms with Crippen LogP contribution in [0.15, 0.2) is 96.1 Å². The lowest BCUT2D eigenvalue weighted by molar-refractivity contribution is 0.229. The van der Waals surface area contributed by atoms with Gasteiger partial charge in [-0.2, -0.15) is 0 Å². The topological polar surface area (TPSA) is 30.1 Å². The lowest BCUT2D eigenvalue weighted by Crippen LogP contribution is -2.18. The molecule has 0 unspecified atom stereocenters. The van der Waals surface area contributed by atoms with Crippen molar-refractivity contribution in [3.8, 4) is 0 Å². The highest BCUT2D eigenvalue weighted by Crippen LogP contribution is 2.35. The molecule has 0 atom stereocenters. The molecular weight excluding hydrogens is 452 g/mol. The van der Waals surface area contributed by atoms with E-state index in [-0.39, 0.29) is 0 Å². The Hall–Kier alpha value is -4.08. The fourth-order valence-corrected chi connectivity index (χ4v) is 6.29. The first-order valence-electron chi connectivity index (χ1n) is 13.1. The van der Waals surface area contributed by atoms with Crippen LogP contribution in [0.2, 0.25) is 0 Å². The summed E-state index contributed by atoms with van der Waals surface area (Å²) in [5, 5.41) is 16.5. The first-order valence-corrected chi connectivity index (χ1v) is 13.1. The highest BCUT2D eigenvalue weighted by atomic mass is 16.3. The zero-order chi connectivity index (χ0) is 25.1. The lowest BCUT2D eigenvalue weighted by atomic mass is 9.85. The number of hydrogen-bond donors (Lipinski definition) is 1. The van der Waals surface area contributed by atoms with Gasteiger partial charge < -0.3 is 14.2 Å². The molecule has 182 valence electrons. The second kappa shape index (κ2) is 8.50. The van der Waals surface area contributed by atoms with Crippen molar-refractivity contribution in [1.82, 2.24) is 9.13 Å². The zero-order valence-electron chi connectivity index (χ0n) is 21.3. The zero-order valence-corrected chi connectivity index (χ0v) is 21.3. The number of aryl methyl sites for hydroxylation is 2. The Morgan fingerprint density at radius 2 is 1.03 bits per heavy atom. The third-order valence-corrected chi connectivity index (χ3v) is 8.21. The van der Waals surface area contributed by atoms with Gasteiger partial charge in [-0.25, -0.2) is 0 Å². The Bertz CT molecular complexity index is 1760. The van der Waals surface area contributed by atoms with Crippen LogP contribution in [0.25, 0.3) is 55.8 Å². The van der Waals surface area contributed by atoms with E-state index in [1.54, 1.807) is 0 Å². The molecule has 0 bridgehead atoms. The molecule has 3 heteroatoms. The van der Waals surface area contributed by atoms with Crippen LogP contribution in [0.3, 0.4) is 0 Å². The fourth-order valence-electron chi connectivity index (χ4n) is 6.29. The van der Waals surface area contributed by atoms with Crippen molar-refractivity contribution in [2.45, 2.75) is 25.4 Å². The molecule has 1 N–H and O–H groups in total. The maximum atomic E-state index is 11.4. The molecule has 4 aromatic carbocycles. The number of rotatable bonds is 2. The average Bonchev–Trinajstić information content (AvgIpc) is 3.37. The average molecular weight is 483 g/mol. The van der Waals surface area contributed by atoms with E-state index in [0.717, 1.165) is 41.5 Å². The van der Waals surface area contributed by atoms with E-state index >= 15 is 0 Å². The molecule has 0 aliphatic heterocycles. The molecule has 3 nitrogen and oxygen atoms in total. The van der Waals surface area contributed by atoms with Crippen molar-refractivity contribution in [3.05, 3.63) is 107 Å². The summed E-state index contributed by atoms with van der Waals surface area (Å²) in [5.74, 6) is 0. The molecule has 0 spiro atoms. The predicted octanol–water partition coefficient (Wildman–Crippen LogP) is 7.99. The van der Waals surface area contributed by atoms with Crippen molar-refractivity contribution < 1.29 is 5.11 Å². The molecular formula is C34H30N2O. The monoisotopic (exact) mass is 482 g/mol. The van der Waals surface area contributed by atoms with Gasteiger partial charge in [0.15, 0.2) is 0 Å². The number of fused-ring (bicyclic) bond motifs is 6. The standard InChI is InChI=1S/C34H30N2O/c1-35-30-12-5-3-10-26(30)28-20-22(14-16-32(28)35)18-24-8-7-9-25(34(24)37)19-23-15-17-33-29(21-23)27-11-4-6-13-31(27)36(33)2/h3-6,10-21,34,37H,7-9H2,1-2H3/b24-18+,25-19+. The van der Waals surface area contributed by atoms with Gasteiger partial charge in [-0.05, 0) is 77.9 Å². The van der Waals surface area contributed by atoms with Crippen LogP contribution in [0, 0.1) is 0 Å². The summed E-state index contributed by atoms with van der Waals surface area (Å²) >= 11 is 0. The Kier molecular flexibility index (Phi) is 5.09. The SMILES string of the molecule is Cn1c2ccccc2c2cc(/C=C3\CCC/C(=C\c4ccc5c(c4)c4ccccc4n5C)C3O)ccc21. The summed E-state index contributed by atoms with van der Waals surface area (Å²) in [6, 6.07) is 30.4. The first kappa shape index (κ1) is 22.1. The summed E-state index contributed by atoms with van der Waals surface area (Å²) in [7, 11) is 4.25. The van der Waals surface area contributed by atoms with Gasteiger partial charge in [-0.15, -0.1) is 0 Å². The maximum absolute atomic E-state index is 11.4. The number of para-hydroxylation sites is 2. The quantitative estimate of drug-likeness (QED) is 0.266. The van der Waals surface area contributed by atoms with Gasteiger partial charge in [0.05, 0.1) is 6.10 Å². The van der Waals surface area contributed by atoms with Gasteiger partial charge in [0, 0.05) is 57.7 Å². The van der Waals surface area contributed by atoms with Crippen molar-refractivity contribution in [3.63, 3.8) is 0 Å². The molecule has 7 rings (SSSR count). The third kappa shape index (κ3) is 3.53. The fraction of sp³-hybridized carbons (Fsp3) is 0.176. The molecule has 37 heavy (non-hydrogen) atoms. The molecule has 0 radical (unpaired) electrons. The van der Waals surface area contributed by atoms with Crippen LogP contribution < -0.4 is 0 Å². The highest BCUT2D eigenvalue weighted by Gasteiger charge is 2.21. The van der Waals surface area contributed by atoms with Gasteiger partial charge in [-0.3, -0.25) is 0 Å².